The molecule has 3 aromatic heterocycles. The number of hydrogen-bond acceptors (Lipinski definition) is 6. The van der Waals surface area contributed by atoms with Gasteiger partial charge in [-0.3, -0.25) is 14.2 Å². The van der Waals surface area contributed by atoms with Crippen LogP contribution < -0.4 is 21.3 Å². The van der Waals surface area contributed by atoms with Crippen molar-refractivity contribution >= 4 is 28.1 Å². The van der Waals surface area contributed by atoms with Gasteiger partial charge in [-0.25, -0.2) is 9.50 Å². The highest BCUT2D eigenvalue weighted by molar-refractivity contribution is 6.04. The summed E-state index contributed by atoms with van der Waals surface area (Å²) in [7, 11) is 0. The van der Waals surface area contributed by atoms with E-state index in [9.17, 15) is 9.59 Å². The molecule has 0 bridgehead atoms. The minimum Gasteiger partial charge on any atom is -0.488 e. The molecule has 9 nitrogen and oxygen atoms in total. The highest BCUT2D eigenvalue weighted by atomic mass is 16.5. The number of terminal acetylenes is 1. The molecule has 2 aromatic carbocycles. The number of amides is 1. The largest absolute Gasteiger partial charge is 0.488 e. The minimum absolute atomic E-state index is 0.0613. The Hall–Kier alpha value is -5.10. The number of carbonyl (C=O) groups is 1. The number of nitrogens with zero attached hydrogens (tertiary/aromatic N) is 4. The van der Waals surface area contributed by atoms with E-state index >= 15 is 0 Å². The molecule has 0 radical (unpaired) electrons. The molecule has 1 aliphatic heterocycles. The van der Waals surface area contributed by atoms with Gasteiger partial charge in [-0.2, -0.15) is 0 Å². The summed E-state index contributed by atoms with van der Waals surface area (Å²) in [6.07, 6.45) is 8.98. The summed E-state index contributed by atoms with van der Waals surface area (Å²) in [4.78, 5) is 31.6. The Bertz CT molecular complexity index is 1800. The average Bonchev–Trinajstić information content (AvgIpc) is 3.46. The zero-order valence-electron chi connectivity index (χ0n) is 19.2. The molecule has 1 aliphatic rings. The smallest absolute Gasteiger partial charge is 0.264 e. The van der Waals surface area contributed by atoms with Crippen molar-refractivity contribution in [3.63, 3.8) is 0 Å². The minimum atomic E-state index is -0.605. The van der Waals surface area contributed by atoms with Crippen LogP contribution in [-0.2, 0) is 6.61 Å². The molecule has 0 spiro atoms. The van der Waals surface area contributed by atoms with Gasteiger partial charge in [0.2, 0.25) is 0 Å². The molecule has 3 N–H and O–H groups in total. The van der Waals surface area contributed by atoms with E-state index in [0.29, 0.717) is 39.1 Å². The lowest BCUT2D eigenvalue weighted by Gasteiger charge is -2.23. The van der Waals surface area contributed by atoms with Gasteiger partial charge >= 0.3 is 0 Å². The fourth-order valence-corrected chi connectivity index (χ4v) is 4.87. The number of nitrogen functional groups attached to an aromatic ring is 1. The zero-order valence-corrected chi connectivity index (χ0v) is 19.2. The molecule has 5 aromatic rings. The van der Waals surface area contributed by atoms with Crippen molar-refractivity contribution in [3.05, 3.63) is 93.7 Å². The van der Waals surface area contributed by atoms with E-state index in [2.05, 4.69) is 21.3 Å². The van der Waals surface area contributed by atoms with Crippen LogP contribution in [-0.4, -0.2) is 25.1 Å². The van der Waals surface area contributed by atoms with Crippen molar-refractivity contribution in [3.8, 4) is 23.8 Å². The summed E-state index contributed by atoms with van der Waals surface area (Å²) in [6, 6.07) is 13.8. The molecule has 1 atom stereocenters. The monoisotopic (exact) mass is 476 g/mol. The van der Waals surface area contributed by atoms with E-state index in [-0.39, 0.29) is 23.5 Å². The lowest BCUT2D eigenvalue weighted by molar-refractivity contribution is 0.0940. The van der Waals surface area contributed by atoms with Crippen LogP contribution in [0.1, 0.15) is 40.1 Å². The maximum atomic E-state index is 14.0. The lowest BCUT2D eigenvalue weighted by Crippen LogP contribution is -2.33. The lowest BCUT2D eigenvalue weighted by atomic mass is 9.97. The molecular weight excluding hydrogens is 456 g/mol. The second-order valence-corrected chi connectivity index (χ2v) is 8.48. The highest BCUT2D eigenvalue weighted by Crippen LogP contribution is 2.39. The second kappa shape index (κ2) is 7.99. The van der Waals surface area contributed by atoms with E-state index in [4.69, 9.17) is 16.9 Å². The molecule has 0 unspecified atom stereocenters. The predicted molar refractivity (Wildman–Crippen MR) is 135 cm³/mol. The van der Waals surface area contributed by atoms with Gasteiger partial charge < -0.3 is 15.8 Å². The number of aromatic nitrogens is 4. The van der Waals surface area contributed by atoms with Gasteiger partial charge in [-0.05, 0) is 37.3 Å². The van der Waals surface area contributed by atoms with Gasteiger partial charge in [0.05, 0.1) is 17.1 Å². The Morgan fingerprint density at radius 2 is 2.00 bits per heavy atom. The molecule has 36 heavy (non-hydrogen) atoms. The Kier molecular flexibility index (Phi) is 4.76. The Morgan fingerprint density at radius 1 is 1.19 bits per heavy atom. The van der Waals surface area contributed by atoms with Gasteiger partial charge in [0.15, 0.2) is 11.5 Å². The van der Waals surface area contributed by atoms with Crippen molar-refractivity contribution in [1.82, 2.24) is 24.5 Å². The molecule has 9 heteroatoms. The van der Waals surface area contributed by atoms with E-state index in [1.54, 1.807) is 35.2 Å². The summed E-state index contributed by atoms with van der Waals surface area (Å²) in [6.45, 7) is 2.05. The number of fused-ring (bicyclic) bond motifs is 1. The Labute approximate surface area is 205 Å². The third-order valence-corrected chi connectivity index (χ3v) is 6.39. The summed E-state index contributed by atoms with van der Waals surface area (Å²) in [5.41, 5.74) is 8.81. The maximum absolute atomic E-state index is 14.0. The first-order valence-electron chi connectivity index (χ1n) is 11.3. The Morgan fingerprint density at radius 3 is 2.78 bits per heavy atom. The number of para-hydroxylation sites is 1. The molecule has 4 heterocycles. The van der Waals surface area contributed by atoms with Gasteiger partial charge in [0.1, 0.15) is 17.9 Å². The SMILES string of the molecule is C#Cc1ccc2c3c(c([C@H](C)NC(=O)c4c(N)nn5cccnc45)n(-c4ccccc4)c(=O)c13)CO2. The summed E-state index contributed by atoms with van der Waals surface area (Å²) in [5.74, 6) is 2.82. The fraction of sp³-hybridized carbons (Fsp3) is 0.111. The van der Waals surface area contributed by atoms with E-state index < -0.39 is 11.9 Å². The number of nitrogens with two attached hydrogens (primary N) is 1. The van der Waals surface area contributed by atoms with Crippen molar-refractivity contribution in [2.45, 2.75) is 19.6 Å². The second-order valence-electron chi connectivity index (χ2n) is 8.48. The zero-order chi connectivity index (χ0) is 25.0. The van der Waals surface area contributed by atoms with Crippen LogP contribution in [0.15, 0.2) is 65.7 Å². The number of rotatable bonds is 4. The molecule has 0 fully saturated rings. The standard InChI is InChI=1S/C27H20N6O3/c1-3-16-10-11-19-21-18(14-36-19)23(33(27(35)20(16)21)17-8-5-4-6-9-17)15(2)30-26(34)22-24(28)31-32-13-7-12-29-25(22)32/h1,4-13,15H,14H2,2H3,(H2,28,31)(H,30,34)/t15-/m0/s1. The van der Waals surface area contributed by atoms with Crippen LogP contribution in [0.25, 0.3) is 22.1 Å². The fourth-order valence-electron chi connectivity index (χ4n) is 4.87. The first kappa shape index (κ1) is 21.4. The third kappa shape index (κ3) is 3.05. The van der Waals surface area contributed by atoms with Crippen LogP contribution >= 0.6 is 0 Å². The van der Waals surface area contributed by atoms with Crippen LogP contribution in [0.3, 0.4) is 0 Å². The number of pyridine rings is 1. The molecule has 0 saturated carbocycles. The number of carbonyl (C=O) groups excluding carboxylic acids is 1. The molecule has 0 saturated heterocycles. The molecule has 176 valence electrons. The van der Waals surface area contributed by atoms with E-state index in [0.717, 1.165) is 5.56 Å². The third-order valence-electron chi connectivity index (χ3n) is 6.39. The number of benzene rings is 2. The predicted octanol–water partition coefficient (Wildman–Crippen LogP) is 2.98. The van der Waals surface area contributed by atoms with Gasteiger partial charge in [0, 0.05) is 34.6 Å². The van der Waals surface area contributed by atoms with Crippen molar-refractivity contribution in [1.29, 1.82) is 0 Å². The maximum Gasteiger partial charge on any atom is 0.264 e. The van der Waals surface area contributed by atoms with Gasteiger partial charge in [0.25, 0.3) is 11.5 Å². The highest BCUT2D eigenvalue weighted by Gasteiger charge is 2.30. The molecule has 6 rings (SSSR count). The first-order chi connectivity index (χ1) is 17.5. The normalized spacial score (nSPS) is 12.9. The quantitative estimate of drug-likeness (QED) is 0.385. The average molecular weight is 476 g/mol. The summed E-state index contributed by atoms with van der Waals surface area (Å²) >= 11 is 0. The summed E-state index contributed by atoms with van der Waals surface area (Å²) < 4.78 is 8.97. The molecular formula is C27H20N6O3. The van der Waals surface area contributed by atoms with Crippen molar-refractivity contribution < 1.29 is 9.53 Å². The van der Waals surface area contributed by atoms with Crippen LogP contribution in [0.4, 0.5) is 5.82 Å². The number of ether oxygens (including phenoxy) is 1. The van der Waals surface area contributed by atoms with Crippen molar-refractivity contribution in [2.24, 2.45) is 0 Å². The van der Waals surface area contributed by atoms with Crippen LogP contribution in [0.5, 0.6) is 5.75 Å². The van der Waals surface area contributed by atoms with Crippen LogP contribution in [0.2, 0.25) is 0 Å². The molecule has 0 aliphatic carbocycles. The summed E-state index contributed by atoms with van der Waals surface area (Å²) in [5, 5.41) is 8.26. The first-order valence-corrected chi connectivity index (χ1v) is 11.3. The van der Waals surface area contributed by atoms with Gasteiger partial charge in [-0.1, -0.05) is 24.1 Å². The number of hydrogen-bond donors (Lipinski definition) is 2. The van der Waals surface area contributed by atoms with Gasteiger partial charge in [-0.15, -0.1) is 11.5 Å². The topological polar surface area (TPSA) is 117 Å². The van der Waals surface area contributed by atoms with E-state index in [1.807, 2.05) is 37.3 Å². The number of nitrogens with one attached hydrogen (secondary N) is 1. The van der Waals surface area contributed by atoms with Crippen molar-refractivity contribution in [2.75, 3.05) is 5.73 Å². The molecule has 1 amide bonds. The number of anilines is 1. The van der Waals surface area contributed by atoms with E-state index in [1.165, 1.54) is 4.52 Å². The Balaban J connectivity index is 1.56. The van der Waals surface area contributed by atoms with Crippen LogP contribution in [0, 0.1) is 12.3 Å².